The molecule has 0 radical (unpaired) electrons. The van der Waals surface area contributed by atoms with Gasteiger partial charge in [-0.2, -0.15) is 5.10 Å². The average molecular weight is 350 g/mol. The normalized spacial score (nSPS) is 16.3. The highest BCUT2D eigenvalue weighted by Crippen LogP contribution is 2.33. The molecule has 0 aliphatic carbocycles. The van der Waals surface area contributed by atoms with Gasteiger partial charge in [-0.05, 0) is 31.0 Å². The van der Waals surface area contributed by atoms with E-state index in [-0.39, 0.29) is 10.6 Å². The highest BCUT2D eigenvalue weighted by Gasteiger charge is 2.26. The van der Waals surface area contributed by atoms with Crippen LogP contribution in [0.3, 0.4) is 0 Å². The summed E-state index contributed by atoms with van der Waals surface area (Å²) < 4.78 is 23.7. The molecule has 2 heterocycles. The van der Waals surface area contributed by atoms with E-state index in [1.54, 1.807) is 12.3 Å². The van der Waals surface area contributed by atoms with E-state index in [2.05, 4.69) is 15.1 Å². The topological polar surface area (TPSA) is 109 Å². The minimum absolute atomic E-state index is 0.235. The molecule has 1 saturated heterocycles. The fraction of sp³-hybridized carbons (Fsp3) is 0.400. The van der Waals surface area contributed by atoms with Gasteiger partial charge < -0.3 is 4.90 Å². The van der Waals surface area contributed by atoms with Crippen LogP contribution in [0.15, 0.2) is 35.4 Å². The van der Waals surface area contributed by atoms with Gasteiger partial charge >= 0.3 is 0 Å². The van der Waals surface area contributed by atoms with Crippen LogP contribution >= 0.6 is 0 Å². The van der Waals surface area contributed by atoms with Gasteiger partial charge in [-0.3, -0.25) is 15.2 Å². The monoisotopic (exact) mass is 350 g/mol. The molecule has 1 aliphatic rings. The van der Waals surface area contributed by atoms with E-state index >= 15 is 0 Å². The molecule has 1 fully saturated rings. The van der Waals surface area contributed by atoms with Crippen molar-refractivity contribution < 1.29 is 13.3 Å². The molecule has 3 rings (SSSR count). The Labute approximate surface area is 139 Å². The minimum atomic E-state index is -3.67. The lowest BCUT2D eigenvalue weighted by molar-refractivity contribution is -0.387. The quantitative estimate of drug-likeness (QED) is 0.668. The van der Waals surface area contributed by atoms with Crippen LogP contribution in [0.2, 0.25) is 0 Å². The molecular formula is C15H18N4O4S. The molecule has 1 aliphatic heterocycles. The van der Waals surface area contributed by atoms with Crippen molar-refractivity contribution in [1.82, 2.24) is 10.2 Å². The van der Waals surface area contributed by atoms with E-state index in [1.807, 2.05) is 6.07 Å². The van der Waals surface area contributed by atoms with Crippen LogP contribution in [0, 0.1) is 10.1 Å². The first-order valence-electron chi connectivity index (χ1n) is 7.59. The zero-order chi connectivity index (χ0) is 17.3. The lowest BCUT2D eigenvalue weighted by atomic mass is 9.93. The Hall–Kier alpha value is -2.42. The van der Waals surface area contributed by atoms with E-state index in [0.29, 0.717) is 11.6 Å². The van der Waals surface area contributed by atoms with Crippen molar-refractivity contribution in [3.05, 3.63) is 46.3 Å². The zero-order valence-corrected chi connectivity index (χ0v) is 14.0. The predicted octanol–water partition coefficient (Wildman–Crippen LogP) is 2.11. The molecule has 24 heavy (non-hydrogen) atoms. The second-order valence-electron chi connectivity index (χ2n) is 5.95. The van der Waals surface area contributed by atoms with Gasteiger partial charge in [0.25, 0.3) is 5.69 Å². The van der Waals surface area contributed by atoms with Crippen molar-refractivity contribution in [3.8, 4) is 0 Å². The molecule has 9 heteroatoms. The molecule has 0 saturated carbocycles. The van der Waals surface area contributed by atoms with Crippen LogP contribution < -0.4 is 4.90 Å². The number of benzene rings is 1. The Kier molecular flexibility index (Phi) is 4.27. The average Bonchev–Trinajstić information content (AvgIpc) is 3.08. The molecular weight excluding hydrogens is 332 g/mol. The number of sulfone groups is 1. The number of rotatable bonds is 4. The number of hydrogen-bond donors (Lipinski definition) is 1. The summed E-state index contributed by atoms with van der Waals surface area (Å²) in [5, 5.41) is 18.0. The third kappa shape index (κ3) is 3.25. The molecule has 1 aromatic heterocycles. The number of aromatic amines is 1. The van der Waals surface area contributed by atoms with E-state index in [4.69, 9.17) is 0 Å². The van der Waals surface area contributed by atoms with Crippen molar-refractivity contribution in [2.24, 2.45) is 0 Å². The molecule has 0 spiro atoms. The lowest BCUT2D eigenvalue weighted by Crippen LogP contribution is -2.33. The number of hydrogen-bond acceptors (Lipinski definition) is 6. The van der Waals surface area contributed by atoms with Gasteiger partial charge in [0.2, 0.25) is 0 Å². The summed E-state index contributed by atoms with van der Waals surface area (Å²) in [6, 6.07) is 6.26. The summed E-state index contributed by atoms with van der Waals surface area (Å²) in [5.74, 6) is 0.399. The maximum Gasteiger partial charge on any atom is 0.288 e. The van der Waals surface area contributed by atoms with Gasteiger partial charge in [0, 0.05) is 48.9 Å². The highest BCUT2D eigenvalue weighted by atomic mass is 32.2. The van der Waals surface area contributed by atoms with Crippen LogP contribution in [-0.4, -0.2) is 42.9 Å². The number of H-pyrrole nitrogens is 1. The number of nitro groups is 1. The third-order valence-corrected chi connectivity index (χ3v) is 5.49. The Morgan fingerprint density at radius 3 is 2.54 bits per heavy atom. The lowest BCUT2D eigenvalue weighted by Gasteiger charge is -2.33. The van der Waals surface area contributed by atoms with Gasteiger partial charge in [0.1, 0.15) is 4.90 Å². The van der Waals surface area contributed by atoms with Crippen molar-refractivity contribution in [1.29, 1.82) is 0 Å². The van der Waals surface area contributed by atoms with Crippen molar-refractivity contribution in [2.45, 2.75) is 23.7 Å². The van der Waals surface area contributed by atoms with Crippen LogP contribution in [0.1, 0.15) is 24.5 Å². The first-order valence-corrected chi connectivity index (χ1v) is 9.48. The van der Waals surface area contributed by atoms with Crippen LogP contribution in [-0.2, 0) is 9.84 Å². The van der Waals surface area contributed by atoms with Gasteiger partial charge in [-0.1, -0.05) is 0 Å². The van der Waals surface area contributed by atoms with Crippen LogP contribution in [0.5, 0.6) is 0 Å². The first kappa shape index (κ1) is 16.4. The summed E-state index contributed by atoms with van der Waals surface area (Å²) >= 11 is 0. The first-order chi connectivity index (χ1) is 11.4. The van der Waals surface area contributed by atoms with Gasteiger partial charge in [-0.25, -0.2) is 8.42 Å². The molecule has 0 amide bonds. The Bertz CT molecular complexity index is 840. The maximum atomic E-state index is 11.9. The maximum absolute atomic E-state index is 11.9. The Balaban J connectivity index is 1.82. The standard InChI is InChI=1S/C15H18N4O4S/c1-24(22,23)15-10-12(2-3-14(15)19(20)21)18-8-5-11(6-9-18)13-4-7-16-17-13/h2-4,7,10-11H,5-6,8-9H2,1H3,(H,16,17). The van der Waals surface area contributed by atoms with Gasteiger partial charge in [0.05, 0.1) is 4.92 Å². The molecule has 0 unspecified atom stereocenters. The summed E-state index contributed by atoms with van der Waals surface area (Å²) in [4.78, 5) is 12.2. The van der Waals surface area contributed by atoms with Crippen LogP contribution in [0.4, 0.5) is 11.4 Å². The Morgan fingerprint density at radius 1 is 1.29 bits per heavy atom. The second-order valence-corrected chi connectivity index (χ2v) is 7.94. The largest absolute Gasteiger partial charge is 0.371 e. The van der Waals surface area contributed by atoms with Crippen molar-refractivity contribution >= 4 is 21.2 Å². The zero-order valence-electron chi connectivity index (χ0n) is 13.2. The highest BCUT2D eigenvalue weighted by molar-refractivity contribution is 7.90. The fourth-order valence-corrected chi connectivity index (χ4v) is 3.95. The molecule has 1 aromatic carbocycles. The molecule has 1 N–H and O–H groups in total. The smallest absolute Gasteiger partial charge is 0.288 e. The number of aromatic nitrogens is 2. The SMILES string of the molecule is CS(=O)(=O)c1cc(N2CCC(c3ccn[nH]3)CC2)ccc1[N+](=O)[O-]. The summed E-state index contributed by atoms with van der Waals surface area (Å²) in [6.45, 7) is 1.51. The van der Waals surface area contributed by atoms with E-state index in [9.17, 15) is 18.5 Å². The fourth-order valence-electron chi connectivity index (χ4n) is 3.09. The minimum Gasteiger partial charge on any atom is -0.371 e. The summed E-state index contributed by atoms with van der Waals surface area (Å²) in [6.07, 6.45) is 4.54. The third-order valence-electron chi connectivity index (χ3n) is 4.36. The number of nitro benzene ring substituents is 1. The van der Waals surface area contributed by atoms with Gasteiger partial charge in [0.15, 0.2) is 9.84 Å². The number of nitrogens with zero attached hydrogens (tertiary/aromatic N) is 3. The van der Waals surface area contributed by atoms with E-state index in [0.717, 1.165) is 37.9 Å². The second kappa shape index (κ2) is 6.23. The molecule has 128 valence electrons. The predicted molar refractivity (Wildman–Crippen MR) is 89.0 cm³/mol. The van der Waals surface area contributed by atoms with Gasteiger partial charge in [-0.15, -0.1) is 0 Å². The molecule has 0 bridgehead atoms. The van der Waals surface area contributed by atoms with Crippen molar-refractivity contribution in [2.75, 3.05) is 24.2 Å². The molecule has 8 nitrogen and oxygen atoms in total. The number of piperidine rings is 1. The molecule has 0 atom stereocenters. The van der Waals surface area contributed by atoms with Crippen LogP contribution in [0.25, 0.3) is 0 Å². The molecule has 2 aromatic rings. The number of anilines is 1. The number of nitrogens with one attached hydrogen (secondary N) is 1. The van der Waals surface area contributed by atoms with E-state index < -0.39 is 14.8 Å². The van der Waals surface area contributed by atoms with Crippen molar-refractivity contribution in [3.63, 3.8) is 0 Å². The summed E-state index contributed by atoms with van der Waals surface area (Å²) in [7, 11) is -3.67. The van der Waals surface area contributed by atoms with E-state index in [1.165, 1.54) is 12.1 Å². The Morgan fingerprint density at radius 2 is 2.00 bits per heavy atom. The summed E-state index contributed by atoms with van der Waals surface area (Å²) in [5.41, 5.74) is 1.42.